The first-order valence-electron chi connectivity index (χ1n) is 4.35. The summed E-state index contributed by atoms with van der Waals surface area (Å²) in [6.07, 6.45) is 0.912. The maximum absolute atomic E-state index is 11.3. The molecule has 0 saturated carbocycles. The Morgan fingerprint density at radius 1 is 1.54 bits per heavy atom. The summed E-state index contributed by atoms with van der Waals surface area (Å²) in [5.74, 6) is 2.30. The lowest BCUT2D eigenvalue weighted by Crippen LogP contribution is -2.31. The van der Waals surface area contributed by atoms with E-state index in [1.165, 1.54) is 18.6 Å². The lowest BCUT2D eigenvalue weighted by atomic mass is 10.2. The zero-order chi connectivity index (χ0) is 9.31. The molecule has 0 aliphatic carbocycles. The van der Waals surface area contributed by atoms with Crippen LogP contribution in [-0.4, -0.2) is 41.3 Å². The minimum Gasteiger partial charge on any atom is -0.468 e. The van der Waals surface area contributed by atoms with Crippen molar-refractivity contribution in [2.24, 2.45) is 0 Å². The highest BCUT2D eigenvalue weighted by molar-refractivity contribution is 8.21. The summed E-state index contributed by atoms with van der Waals surface area (Å²) >= 11 is 3.95. The van der Waals surface area contributed by atoms with Crippen LogP contribution in [0.5, 0.6) is 0 Å². The number of hydrogen-bond acceptors (Lipinski definition) is 5. The van der Waals surface area contributed by atoms with Crippen LogP contribution in [0.2, 0.25) is 0 Å². The van der Waals surface area contributed by atoms with Gasteiger partial charge in [0.1, 0.15) is 6.04 Å². The third-order valence-corrected chi connectivity index (χ3v) is 5.89. The average Bonchev–Trinajstić information content (AvgIpc) is 2.76. The zero-order valence-electron chi connectivity index (χ0n) is 7.54. The molecule has 3 nitrogen and oxygen atoms in total. The molecule has 2 aliphatic rings. The van der Waals surface area contributed by atoms with Crippen molar-refractivity contribution in [3.05, 3.63) is 0 Å². The third-order valence-electron chi connectivity index (χ3n) is 2.43. The van der Waals surface area contributed by atoms with Crippen LogP contribution in [0, 0.1) is 0 Å². The highest BCUT2D eigenvalue weighted by Gasteiger charge is 2.45. The summed E-state index contributed by atoms with van der Waals surface area (Å²) in [6.45, 7) is 0.933. The number of esters is 1. The van der Waals surface area contributed by atoms with Crippen LogP contribution >= 0.6 is 23.5 Å². The number of methoxy groups -OCH3 is 1. The topological polar surface area (TPSA) is 38.3 Å². The van der Waals surface area contributed by atoms with Crippen molar-refractivity contribution in [1.29, 1.82) is 0 Å². The molecule has 1 N–H and O–H groups in total. The van der Waals surface area contributed by atoms with Gasteiger partial charge in [-0.2, -0.15) is 0 Å². The fourth-order valence-corrected chi connectivity index (χ4v) is 4.94. The molecule has 2 saturated heterocycles. The summed E-state index contributed by atoms with van der Waals surface area (Å²) in [4.78, 5) is 11.3. The maximum atomic E-state index is 11.3. The number of nitrogens with one attached hydrogen (secondary N) is 1. The van der Waals surface area contributed by atoms with E-state index in [1.807, 2.05) is 23.5 Å². The second-order valence-corrected chi connectivity index (χ2v) is 6.48. The molecule has 0 aromatic carbocycles. The Morgan fingerprint density at radius 2 is 2.23 bits per heavy atom. The van der Waals surface area contributed by atoms with E-state index in [-0.39, 0.29) is 16.1 Å². The standard InChI is InChI=1S/C8H13NO2S2/c1-11-7(10)6-4-8(5-9-6)12-2-3-13-8/h6,9H,2-5H2,1H3/t6-/m0/s1. The van der Waals surface area contributed by atoms with E-state index in [0.29, 0.717) is 0 Å². The van der Waals surface area contributed by atoms with Crippen molar-refractivity contribution in [3.63, 3.8) is 0 Å². The SMILES string of the molecule is COC(=O)[C@@H]1CC2(CN1)SCCS2. The predicted octanol–water partition coefficient (Wildman–Crippen LogP) is 0.698. The quantitative estimate of drug-likeness (QED) is 0.657. The summed E-state index contributed by atoms with van der Waals surface area (Å²) in [7, 11) is 1.45. The normalized spacial score (nSPS) is 31.0. The summed E-state index contributed by atoms with van der Waals surface area (Å²) < 4.78 is 4.98. The van der Waals surface area contributed by atoms with Crippen LogP contribution in [0.1, 0.15) is 6.42 Å². The molecule has 5 heteroatoms. The maximum Gasteiger partial charge on any atom is 0.322 e. The molecule has 0 radical (unpaired) electrons. The average molecular weight is 219 g/mol. The van der Waals surface area contributed by atoms with Crippen LogP contribution in [0.4, 0.5) is 0 Å². The molecule has 0 unspecified atom stereocenters. The summed E-state index contributed by atoms with van der Waals surface area (Å²) in [6, 6.07) is -0.0805. The van der Waals surface area contributed by atoms with Crippen LogP contribution in [0.3, 0.4) is 0 Å². The molecule has 2 fully saturated rings. The van der Waals surface area contributed by atoms with E-state index in [4.69, 9.17) is 4.74 Å². The highest BCUT2D eigenvalue weighted by Crippen LogP contribution is 2.49. The van der Waals surface area contributed by atoms with Gasteiger partial charge in [-0.05, 0) is 6.42 Å². The molecular formula is C8H13NO2S2. The molecule has 1 spiro atoms. The molecule has 13 heavy (non-hydrogen) atoms. The van der Waals surface area contributed by atoms with E-state index in [1.54, 1.807) is 0 Å². The Hall–Kier alpha value is 0.130. The first-order chi connectivity index (χ1) is 6.26. The number of carbonyl (C=O) groups is 1. The van der Waals surface area contributed by atoms with Gasteiger partial charge in [0.25, 0.3) is 0 Å². The molecule has 0 amide bonds. The van der Waals surface area contributed by atoms with Gasteiger partial charge in [0.2, 0.25) is 0 Å². The molecule has 2 rings (SSSR count). The van der Waals surface area contributed by atoms with Gasteiger partial charge in [0.15, 0.2) is 0 Å². The second-order valence-electron chi connectivity index (χ2n) is 3.27. The van der Waals surface area contributed by atoms with E-state index in [0.717, 1.165) is 13.0 Å². The third kappa shape index (κ3) is 1.82. The molecule has 0 aromatic rings. The lowest BCUT2D eigenvalue weighted by molar-refractivity contribution is -0.142. The Morgan fingerprint density at radius 3 is 2.85 bits per heavy atom. The van der Waals surface area contributed by atoms with E-state index in [9.17, 15) is 4.79 Å². The highest BCUT2D eigenvalue weighted by atomic mass is 32.2. The molecule has 0 aromatic heterocycles. The zero-order valence-corrected chi connectivity index (χ0v) is 9.17. The molecular weight excluding hydrogens is 206 g/mol. The molecule has 2 heterocycles. The fraction of sp³-hybridized carbons (Fsp3) is 0.875. The van der Waals surface area contributed by atoms with Gasteiger partial charge in [-0.15, -0.1) is 23.5 Å². The van der Waals surface area contributed by atoms with Crippen LogP contribution in [-0.2, 0) is 9.53 Å². The van der Waals surface area contributed by atoms with Gasteiger partial charge in [-0.1, -0.05) is 0 Å². The lowest BCUT2D eigenvalue weighted by Gasteiger charge is -2.18. The number of hydrogen-bond donors (Lipinski definition) is 1. The first-order valence-corrected chi connectivity index (χ1v) is 6.32. The smallest absolute Gasteiger partial charge is 0.322 e. The Kier molecular flexibility index (Phi) is 2.76. The first kappa shape index (κ1) is 9.68. The van der Waals surface area contributed by atoms with Crippen molar-refractivity contribution in [2.75, 3.05) is 25.2 Å². The van der Waals surface area contributed by atoms with Crippen molar-refractivity contribution in [1.82, 2.24) is 5.32 Å². The van der Waals surface area contributed by atoms with Gasteiger partial charge >= 0.3 is 5.97 Å². The Labute approximate surface area is 86.4 Å². The van der Waals surface area contributed by atoms with E-state index < -0.39 is 0 Å². The minimum absolute atomic E-state index is 0.0805. The number of rotatable bonds is 1. The Bertz CT molecular complexity index is 216. The number of thioether (sulfide) groups is 2. The van der Waals surface area contributed by atoms with Gasteiger partial charge in [0, 0.05) is 18.1 Å². The van der Waals surface area contributed by atoms with Gasteiger partial charge in [0.05, 0.1) is 11.2 Å². The van der Waals surface area contributed by atoms with Crippen molar-refractivity contribution < 1.29 is 9.53 Å². The van der Waals surface area contributed by atoms with Gasteiger partial charge < -0.3 is 10.1 Å². The Balaban J connectivity index is 1.96. The van der Waals surface area contributed by atoms with Crippen molar-refractivity contribution >= 4 is 29.5 Å². The van der Waals surface area contributed by atoms with Crippen LogP contribution < -0.4 is 5.32 Å². The van der Waals surface area contributed by atoms with E-state index >= 15 is 0 Å². The second kappa shape index (κ2) is 3.71. The largest absolute Gasteiger partial charge is 0.468 e. The van der Waals surface area contributed by atoms with Crippen molar-refractivity contribution in [2.45, 2.75) is 16.5 Å². The summed E-state index contributed by atoms with van der Waals surface area (Å²) in [5, 5.41) is 3.22. The molecule has 1 atom stereocenters. The molecule has 74 valence electrons. The van der Waals surface area contributed by atoms with Crippen LogP contribution in [0.15, 0.2) is 0 Å². The van der Waals surface area contributed by atoms with E-state index in [2.05, 4.69) is 5.32 Å². The number of carbonyl (C=O) groups excluding carboxylic acids is 1. The number of ether oxygens (including phenoxy) is 1. The minimum atomic E-state index is -0.120. The molecule has 0 bridgehead atoms. The monoisotopic (exact) mass is 219 g/mol. The van der Waals surface area contributed by atoms with Crippen molar-refractivity contribution in [3.8, 4) is 0 Å². The molecule has 2 aliphatic heterocycles. The van der Waals surface area contributed by atoms with Crippen LogP contribution in [0.25, 0.3) is 0 Å². The summed E-state index contributed by atoms with van der Waals surface area (Å²) in [5.41, 5.74) is 0. The van der Waals surface area contributed by atoms with Gasteiger partial charge in [-0.25, -0.2) is 0 Å². The fourth-order valence-electron chi connectivity index (χ4n) is 1.76. The van der Waals surface area contributed by atoms with Gasteiger partial charge in [-0.3, -0.25) is 4.79 Å². The predicted molar refractivity (Wildman–Crippen MR) is 56.1 cm³/mol.